The van der Waals surface area contributed by atoms with Gasteiger partial charge in [-0.1, -0.05) is 24.6 Å². The Morgan fingerprint density at radius 3 is 2.86 bits per heavy atom. The molecule has 0 saturated heterocycles. The molecule has 4 nitrogen and oxygen atoms in total. The van der Waals surface area contributed by atoms with Crippen molar-refractivity contribution in [3.63, 3.8) is 0 Å². The highest BCUT2D eigenvalue weighted by atomic mass is 35.5. The minimum atomic E-state index is -0.416. The van der Waals surface area contributed by atoms with Crippen LogP contribution in [-0.2, 0) is 7.05 Å². The molecule has 1 unspecified atom stereocenters. The number of nitrogens with one attached hydrogen (secondary N) is 1. The summed E-state index contributed by atoms with van der Waals surface area (Å²) in [5.41, 5.74) is 1.16. The Bertz CT molecular complexity index is 595. The Balaban J connectivity index is 2.55. The van der Waals surface area contributed by atoms with Gasteiger partial charge in [0.15, 0.2) is 5.75 Å². The van der Waals surface area contributed by atoms with Crippen LogP contribution in [-0.4, -0.2) is 23.4 Å². The molecule has 114 valence electrons. The molecule has 6 heteroatoms. The summed E-state index contributed by atoms with van der Waals surface area (Å²) < 4.78 is 21.3. The average Bonchev–Trinajstić information content (AvgIpc) is 2.83. The fraction of sp³-hybridized carbons (Fsp3) is 0.400. The van der Waals surface area contributed by atoms with E-state index in [0.29, 0.717) is 16.3 Å². The first-order chi connectivity index (χ1) is 10.1. The molecular formula is C15H19ClFN3O. The predicted molar refractivity (Wildman–Crippen MR) is 81.3 cm³/mol. The summed E-state index contributed by atoms with van der Waals surface area (Å²) in [7, 11) is 3.37. The lowest BCUT2D eigenvalue weighted by molar-refractivity contribution is 0.399. The van der Waals surface area contributed by atoms with Crippen LogP contribution in [0.4, 0.5) is 4.39 Å². The molecule has 21 heavy (non-hydrogen) atoms. The fourth-order valence-electron chi connectivity index (χ4n) is 2.32. The molecule has 1 heterocycles. The summed E-state index contributed by atoms with van der Waals surface area (Å²) >= 11 is 6.22. The molecule has 0 saturated carbocycles. The van der Waals surface area contributed by atoms with E-state index in [-0.39, 0.29) is 5.82 Å². The largest absolute Gasteiger partial charge is 0.493 e. The van der Waals surface area contributed by atoms with E-state index in [1.165, 1.54) is 6.07 Å². The van der Waals surface area contributed by atoms with Gasteiger partial charge in [0.2, 0.25) is 0 Å². The van der Waals surface area contributed by atoms with Crippen molar-refractivity contribution in [1.82, 2.24) is 15.1 Å². The third-order valence-electron chi connectivity index (χ3n) is 3.33. The van der Waals surface area contributed by atoms with Crippen LogP contribution in [0.25, 0.3) is 0 Å². The van der Waals surface area contributed by atoms with Crippen molar-refractivity contribution in [3.05, 3.63) is 46.5 Å². The van der Waals surface area contributed by atoms with Gasteiger partial charge in [-0.15, -0.1) is 0 Å². The molecule has 0 fully saturated rings. The molecule has 1 aromatic carbocycles. The molecule has 0 amide bonds. The first-order valence-electron chi connectivity index (χ1n) is 6.83. The Hall–Kier alpha value is -1.59. The van der Waals surface area contributed by atoms with Crippen molar-refractivity contribution in [1.29, 1.82) is 0 Å². The predicted octanol–water partition coefficient (Wildman–Crippen LogP) is 3.31. The third kappa shape index (κ3) is 3.19. The molecule has 0 aliphatic carbocycles. The van der Waals surface area contributed by atoms with E-state index in [9.17, 15) is 4.39 Å². The third-order valence-corrected chi connectivity index (χ3v) is 3.66. The number of nitrogens with zero attached hydrogens (tertiary/aromatic N) is 2. The van der Waals surface area contributed by atoms with Gasteiger partial charge in [-0.2, -0.15) is 5.10 Å². The number of rotatable bonds is 6. The van der Waals surface area contributed by atoms with Gasteiger partial charge in [0.25, 0.3) is 0 Å². The van der Waals surface area contributed by atoms with Crippen LogP contribution < -0.4 is 10.1 Å². The standard InChI is InChI=1S/C15H19ClFN3O/c1-4-8-18-14(13-10(16)6-5-7-11(13)17)15-12(21-3)9-19-20(15)2/h5-7,9,14,18H,4,8H2,1-3H3. The van der Waals surface area contributed by atoms with E-state index in [1.54, 1.807) is 37.2 Å². The number of ether oxygens (including phenoxy) is 1. The monoisotopic (exact) mass is 311 g/mol. The molecule has 0 aliphatic heterocycles. The Labute approximate surface area is 128 Å². The van der Waals surface area contributed by atoms with Crippen LogP contribution >= 0.6 is 11.6 Å². The van der Waals surface area contributed by atoms with Gasteiger partial charge in [-0.05, 0) is 25.1 Å². The first kappa shape index (κ1) is 15.8. The summed E-state index contributed by atoms with van der Waals surface area (Å²) in [6.45, 7) is 2.77. The van der Waals surface area contributed by atoms with Crippen molar-refractivity contribution in [2.24, 2.45) is 7.05 Å². The maximum Gasteiger partial charge on any atom is 0.161 e. The smallest absolute Gasteiger partial charge is 0.161 e. The molecular weight excluding hydrogens is 293 g/mol. The maximum absolute atomic E-state index is 14.3. The minimum Gasteiger partial charge on any atom is -0.493 e. The topological polar surface area (TPSA) is 39.1 Å². The lowest BCUT2D eigenvalue weighted by Gasteiger charge is -2.22. The molecule has 0 aliphatic rings. The number of halogens is 2. The van der Waals surface area contributed by atoms with Crippen molar-refractivity contribution in [2.45, 2.75) is 19.4 Å². The van der Waals surface area contributed by atoms with Crippen LogP contribution in [0.2, 0.25) is 5.02 Å². The van der Waals surface area contributed by atoms with Gasteiger partial charge < -0.3 is 10.1 Å². The maximum atomic E-state index is 14.3. The normalized spacial score (nSPS) is 12.4. The van der Waals surface area contributed by atoms with Crippen LogP contribution in [0.5, 0.6) is 5.75 Å². The quantitative estimate of drug-likeness (QED) is 0.889. The molecule has 0 spiro atoms. The van der Waals surface area contributed by atoms with Crippen LogP contribution in [0, 0.1) is 5.82 Å². The highest BCUT2D eigenvalue weighted by Crippen LogP contribution is 2.34. The zero-order valence-electron chi connectivity index (χ0n) is 12.4. The van der Waals surface area contributed by atoms with Crippen molar-refractivity contribution in [3.8, 4) is 5.75 Å². The second-order valence-corrected chi connectivity index (χ2v) is 5.15. The van der Waals surface area contributed by atoms with E-state index in [0.717, 1.165) is 18.7 Å². The number of hydrogen-bond donors (Lipinski definition) is 1. The number of aromatic nitrogens is 2. The number of methoxy groups -OCH3 is 1. The second kappa shape index (κ2) is 6.91. The zero-order valence-corrected chi connectivity index (χ0v) is 13.1. The molecule has 1 aromatic heterocycles. The molecule has 1 atom stereocenters. The van der Waals surface area contributed by atoms with Crippen molar-refractivity contribution >= 4 is 11.6 Å². The van der Waals surface area contributed by atoms with Gasteiger partial charge in [-0.3, -0.25) is 4.68 Å². The van der Waals surface area contributed by atoms with E-state index < -0.39 is 6.04 Å². The zero-order chi connectivity index (χ0) is 15.4. The first-order valence-corrected chi connectivity index (χ1v) is 7.21. The molecule has 2 rings (SSSR count). The SMILES string of the molecule is CCCNC(c1c(F)cccc1Cl)c1c(OC)cnn1C. The second-order valence-electron chi connectivity index (χ2n) is 4.74. The Kier molecular flexibility index (Phi) is 5.20. The van der Waals surface area contributed by atoms with Crippen molar-refractivity contribution < 1.29 is 9.13 Å². The van der Waals surface area contributed by atoms with Crippen molar-refractivity contribution in [2.75, 3.05) is 13.7 Å². The highest BCUT2D eigenvalue weighted by Gasteiger charge is 2.26. The Morgan fingerprint density at radius 1 is 1.48 bits per heavy atom. The number of benzene rings is 1. The summed E-state index contributed by atoms with van der Waals surface area (Å²) in [6, 6.07) is 4.27. The molecule has 2 aromatic rings. The number of hydrogen-bond acceptors (Lipinski definition) is 3. The summed E-state index contributed by atoms with van der Waals surface area (Å²) in [5, 5.41) is 7.89. The lowest BCUT2D eigenvalue weighted by Crippen LogP contribution is -2.27. The van der Waals surface area contributed by atoms with Crippen LogP contribution in [0.1, 0.15) is 30.6 Å². The van der Waals surface area contributed by atoms with Gasteiger partial charge in [0, 0.05) is 17.6 Å². The van der Waals surface area contributed by atoms with Gasteiger partial charge in [0.05, 0.1) is 19.3 Å². The van der Waals surface area contributed by atoms with E-state index in [4.69, 9.17) is 16.3 Å². The minimum absolute atomic E-state index is 0.348. The van der Waals surface area contributed by atoms with Gasteiger partial charge in [0.1, 0.15) is 11.5 Å². The Morgan fingerprint density at radius 2 is 2.24 bits per heavy atom. The highest BCUT2D eigenvalue weighted by molar-refractivity contribution is 6.31. The van der Waals surface area contributed by atoms with Crippen LogP contribution in [0.15, 0.2) is 24.4 Å². The van der Waals surface area contributed by atoms with Crippen LogP contribution in [0.3, 0.4) is 0 Å². The molecule has 0 radical (unpaired) electrons. The summed E-state index contributed by atoms with van der Waals surface area (Å²) in [4.78, 5) is 0. The van der Waals surface area contributed by atoms with Gasteiger partial charge in [-0.25, -0.2) is 4.39 Å². The van der Waals surface area contributed by atoms with E-state index >= 15 is 0 Å². The van der Waals surface area contributed by atoms with E-state index in [2.05, 4.69) is 10.4 Å². The lowest BCUT2D eigenvalue weighted by atomic mass is 10.0. The average molecular weight is 312 g/mol. The summed E-state index contributed by atoms with van der Waals surface area (Å²) in [6.07, 6.45) is 2.54. The van der Waals surface area contributed by atoms with Gasteiger partial charge >= 0.3 is 0 Å². The van der Waals surface area contributed by atoms with E-state index in [1.807, 2.05) is 6.92 Å². The number of aryl methyl sites for hydroxylation is 1. The molecule has 0 bridgehead atoms. The summed E-state index contributed by atoms with van der Waals surface area (Å²) in [5.74, 6) is 0.254. The fourth-order valence-corrected chi connectivity index (χ4v) is 2.60. The molecule has 1 N–H and O–H groups in total.